The Labute approximate surface area is 131 Å². The highest BCUT2D eigenvalue weighted by Crippen LogP contribution is 1.95. The topological polar surface area (TPSA) is 93.8 Å². The van der Waals surface area contributed by atoms with E-state index in [4.69, 9.17) is 14.0 Å². The molecule has 1 heterocycles. The van der Waals surface area contributed by atoms with Gasteiger partial charge in [-0.25, -0.2) is 0 Å². The average molecular weight is 313 g/mol. The molecule has 2 N–H and O–H groups in total. The molecule has 0 fully saturated rings. The Kier molecular flexibility index (Phi) is 9.97. The maximum absolute atomic E-state index is 5.39. The van der Waals surface area contributed by atoms with Gasteiger partial charge in [-0.3, -0.25) is 4.99 Å². The highest BCUT2D eigenvalue weighted by atomic mass is 16.5. The van der Waals surface area contributed by atoms with E-state index in [2.05, 4.69) is 25.8 Å². The molecule has 0 unspecified atom stereocenters. The number of nitrogens with zero attached hydrogens (tertiary/aromatic N) is 3. The van der Waals surface area contributed by atoms with Gasteiger partial charge in [0.05, 0.1) is 13.2 Å². The summed E-state index contributed by atoms with van der Waals surface area (Å²) in [6.45, 7) is 8.00. The maximum Gasteiger partial charge on any atom is 0.228 e. The first-order valence-electron chi connectivity index (χ1n) is 7.64. The van der Waals surface area contributed by atoms with Crippen LogP contribution >= 0.6 is 0 Å². The van der Waals surface area contributed by atoms with Crippen molar-refractivity contribution >= 4 is 5.96 Å². The van der Waals surface area contributed by atoms with Crippen LogP contribution in [0.5, 0.6) is 0 Å². The van der Waals surface area contributed by atoms with Crippen LogP contribution in [0, 0.1) is 6.92 Å². The summed E-state index contributed by atoms with van der Waals surface area (Å²) in [5.41, 5.74) is 0. The number of hydrogen-bond donors (Lipinski definition) is 2. The lowest BCUT2D eigenvalue weighted by molar-refractivity contribution is 0.0702. The number of aliphatic imine (C=N–C) groups is 1. The van der Waals surface area contributed by atoms with Crippen LogP contribution < -0.4 is 10.6 Å². The molecule has 0 aliphatic carbocycles. The SMILES string of the molecule is CCNC(=NCCCOCCOC)NCCc1nc(C)no1. The molecule has 0 aromatic carbocycles. The molecule has 1 rings (SSSR count). The van der Waals surface area contributed by atoms with Gasteiger partial charge in [-0.15, -0.1) is 0 Å². The highest BCUT2D eigenvalue weighted by molar-refractivity contribution is 5.79. The third kappa shape index (κ3) is 8.58. The summed E-state index contributed by atoms with van der Waals surface area (Å²) >= 11 is 0. The zero-order valence-corrected chi connectivity index (χ0v) is 13.7. The molecule has 1 aromatic heterocycles. The second kappa shape index (κ2) is 11.9. The van der Waals surface area contributed by atoms with Gasteiger partial charge in [0.25, 0.3) is 0 Å². The largest absolute Gasteiger partial charge is 0.382 e. The second-order valence-corrected chi connectivity index (χ2v) is 4.63. The molecule has 8 heteroatoms. The minimum atomic E-state index is 0.627. The first-order chi connectivity index (χ1) is 10.8. The standard InChI is InChI=1S/C14H27N5O3/c1-4-15-14(16-7-5-9-21-11-10-20-3)17-8-6-13-18-12(2)19-22-13/h4-11H2,1-3H3,(H2,15,16,17). The lowest BCUT2D eigenvalue weighted by atomic mass is 10.4. The van der Waals surface area contributed by atoms with Gasteiger partial charge < -0.3 is 24.6 Å². The first kappa shape index (κ1) is 18.4. The van der Waals surface area contributed by atoms with Crippen molar-refractivity contribution in [3.63, 3.8) is 0 Å². The third-order valence-electron chi connectivity index (χ3n) is 2.69. The average Bonchev–Trinajstić information content (AvgIpc) is 2.92. The normalized spacial score (nSPS) is 11.7. The summed E-state index contributed by atoms with van der Waals surface area (Å²) in [5, 5.41) is 10.2. The van der Waals surface area contributed by atoms with Crippen molar-refractivity contribution in [3.8, 4) is 0 Å². The van der Waals surface area contributed by atoms with E-state index in [1.807, 2.05) is 6.92 Å². The Morgan fingerprint density at radius 1 is 1.27 bits per heavy atom. The Bertz CT molecular complexity index is 422. The summed E-state index contributed by atoms with van der Waals surface area (Å²) in [4.78, 5) is 8.64. The lowest BCUT2D eigenvalue weighted by Crippen LogP contribution is -2.38. The number of ether oxygens (including phenoxy) is 2. The predicted octanol–water partition coefficient (Wildman–Crippen LogP) is 0.529. The number of rotatable bonds is 11. The molecule has 0 radical (unpaired) electrons. The molecular weight excluding hydrogens is 286 g/mol. The zero-order chi connectivity index (χ0) is 16.0. The molecule has 0 aliphatic rings. The monoisotopic (exact) mass is 313 g/mol. The number of aromatic nitrogens is 2. The minimum absolute atomic E-state index is 0.627. The van der Waals surface area contributed by atoms with Crippen molar-refractivity contribution in [2.24, 2.45) is 4.99 Å². The van der Waals surface area contributed by atoms with E-state index in [1.54, 1.807) is 14.0 Å². The fourth-order valence-electron chi connectivity index (χ4n) is 1.67. The van der Waals surface area contributed by atoms with Crippen LogP contribution in [0.4, 0.5) is 0 Å². The molecule has 0 atom stereocenters. The maximum atomic E-state index is 5.39. The number of guanidine groups is 1. The van der Waals surface area contributed by atoms with Gasteiger partial charge in [0.15, 0.2) is 11.8 Å². The van der Waals surface area contributed by atoms with Crippen LogP contribution in [-0.2, 0) is 15.9 Å². The molecule has 8 nitrogen and oxygen atoms in total. The van der Waals surface area contributed by atoms with Gasteiger partial charge in [-0.2, -0.15) is 4.98 Å². The smallest absolute Gasteiger partial charge is 0.228 e. The van der Waals surface area contributed by atoms with Crippen LogP contribution in [-0.4, -0.2) is 62.7 Å². The predicted molar refractivity (Wildman–Crippen MR) is 84.0 cm³/mol. The van der Waals surface area contributed by atoms with Gasteiger partial charge >= 0.3 is 0 Å². The molecule has 126 valence electrons. The fraction of sp³-hybridized carbons (Fsp3) is 0.786. The number of nitrogens with one attached hydrogen (secondary N) is 2. The van der Waals surface area contributed by atoms with Crippen LogP contribution in [0.3, 0.4) is 0 Å². The second-order valence-electron chi connectivity index (χ2n) is 4.63. The molecule has 0 aliphatic heterocycles. The van der Waals surface area contributed by atoms with Gasteiger partial charge in [-0.05, 0) is 20.3 Å². The third-order valence-corrected chi connectivity index (χ3v) is 2.69. The van der Waals surface area contributed by atoms with Crippen LogP contribution in [0.2, 0.25) is 0 Å². The van der Waals surface area contributed by atoms with Gasteiger partial charge in [0.2, 0.25) is 5.89 Å². The van der Waals surface area contributed by atoms with Gasteiger partial charge in [-0.1, -0.05) is 5.16 Å². The van der Waals surface area contributed by atoms with E-state index in [-0.39, 0.29) is 0 Å². The van der Waals surface area contributed by atoms with Crippen molar-refractivity contribution in [1.29, 1.82) is 0 Å². The van der Waals surface area contributed by atoms with E-state index in [0.717, 1.165) is 18.9 Å². The van der Waals surface area contributed by atoms with E-state index in [1.165, 1.54) is 0 Å². The molecule has 0 bridgehead atoms. The van der Waals surface area contributed by atoms with Crippen LogP contribution in [0.25, 0.3) is 0 Å². The molecule has 0 spiro atoms. The quantitative estimate of drug-likeness (QED) is 0.349. The summed E-state index contributed by atoms with van der Waals surface area (Å²) in [6, 6.07) is 0. The summed E-state index contributed by atoms with van der Waals surface area (Å²) in [7, 11) is 1.66. The lowest BCUT2D eigenvalue weighted by Gasteiger charge is -2.10. The van der Waals surface area contributed by atoms with Crippen molar-refractivity contribution in [2.45, 2.75) is 26.7 Å². The molecular formula is C14H27N5O3. The van der Waals surface area contributed by atoms with E-state index >= 15 is 0 Å². The molecule has 0 saturated carbocycles. The highest BCUT2D eigenvalue weighted by Gasteiger charge is 2.03. The summed E-state index contributed by atoms with van der Waals surface area (Å²) < 4.78 is 15.4. The Hall–Kier alpha value is -1.67. The van der Waals surface area contributed by atoms with Crippen LogP contribution in [0.1, 0.15) is 25.1 Å². The molecule has 0 saturated heterocycles. The number of aryl methyl sites for hydroxylation is 1. The van der Waals surface area contributed by atoms with Crippen molar-refractivity contribution in [2.75, 3.05) is 46.6 Å². The summed E-state index contributed by atoms with van der Waals surface area (Å²) in [6.07, 6.45) is 1.55. The van der Waals surface area contributed by atoms with Crippen LogP contribution in [0.15, 0.2) is 9.52 Å². The van der Waals surface area contributed by atoms with E-state index in [0.29, 0.717) is 51.0 Å². The Morgan fingerprint density at radius 3 is 2.82 bits per heavy atom. The fourth-order valence-corrected chi connectivity index (χ4v) is 1.67. The summed E-state index contributed by atoms with van der Waals surface area (Å²) in [5.74, 6) is 2.08. The Balaban J connectivity index is 2.18. The minimum Gasteiger partial charge on any atom is -0.382 e. The first-order valence-corrected chi connectivity index (χ1v) is 7.64. The van der Waals surface area contributed by atoms with Crippen molar-refractivity contribution < 1.29 is 14.0 Å². The molecule has 0 amide bonds. The number of hydrogen-bond acceptors (Lipinski definition) is 6. The number of methoxy groups -OCH3 is 1. The van der Waals surface area contributed by atoms with Crippen molar-refractivity contribution in [3.05, 3.63) is 11.7 Å². The van der Waals surface area contributed by atoms with E-state index < -0.39 is 0 Å². The van der Waals surface area contributed by atoms with E-state index in [9.17, 15) is 0 Å². The van der Waals surface area contributed by atoms with Gasteiger partial charge in [0, 0.05) is 39.8 Å². The zero-order valence-electron chi connectivity index (χ0n) is 13.7. The van der Waals surface area contributed by atoms with Gasteiger partial charge in [0.1, 0.15) is 0 Å². The van der Waals surface area contributed by atoms with Crippen molar-refractivity contribution in [1.82, 2.24) is 20.8 Å². The Morgan fingerprint density at radius 2 is 2.14 bits per heavy atom. The molecule has 22 heavy (non-hydrogen) atoms. The molecule has 1 aromatic rings.